The number of hydrogen-bond acceptors (Lipinski definition) is 8. The van der Waals surface area contributed by atoms with E-state index in [-0.39, 0.29) is 44.2 Å². The Morgan fingerprint density at radius 2 is 1.81 bits per heavy atom. The number of carbonyl (C=O) groups is 3. The van der Waals surface area contributed by atoms with Crippen molar-refractivity contribution in [3.05, 3.63) is 0 Å². The number of thiocarbonyl (C=S) groups is 1. The number of nitrogens with zero attached hydrogens (tertiary/aromatic N) is 2. The van der Waals surface area contributed by atoms with Crippen molar-refractivity contribution in [3.63, 3.8) is 0 Å². The molecule has 0 aromatic rings. The highest BCUT2D eigenvalue weighted by molar-refractivity contribution is 7.85. The summed E-state index contributed by atoms with van der Waals surface area (Å²) in [4.78, 5) is 41.7. The molecule has 0 rings (SSSR count). The van der Waals surface area contributed by atoms with E-state index >= 15 is 0 Å². The van der Waals surface area contributed by atoms with Gasteiger partial charge in [-0.2, -0.15) is 8.42 Å². The summed E-state index contributed by atoms with van der Waals surface area (Å²) in [6, 6.07) is -1.06. The first-order chi connectivity index (χ1) is 16.6. The molecule has 0 saturated carbocycles. The number of quaternary nitrogens is 1. The SMILES string of the molecule is CCC(C)(C)C(=O)NC(CC(=O)NCCOCCN=C=S)C(=O)NCC[N+](C)(C)CCCS(=O)(=O)O. The molecule has 208 valence electrons. The molecule has 0 aliphatic heterocycles. The van der Waals surface area contributed by atoms with Crippen molar-refractivity contribution < 1.29 is 36.6 Å². The van der Waals surface area contributed by atoms with Crippen molar-refractivity contribution in [1.29, 1.82) is 0 Å². The second-order valence-electron chi connectivity index (χ2n) is 9.72. The summed E-state index contributed by atoms with van der Waals surface area (Å²) < 4.78 is 36.4. The van der Waals surface area contributed by atoms with Crippen LogP contribution in [0.5, 0.6) is 0 Å². The summed E-state index contributed by atoms with van der Waals surface area (Å²) in [5.41, 5.74) is -0.709. The Morgan fingerprint density at radius 3 is 2.39 bits per heavy atom. The summed E-state index contributed by atoms with van der Waals surface area (Å²) in [6.45, 7) is 7.81. The highest BCUT2D eigenvalue weighted by atomic mass is 32.2. The Morgan fingerprint density at radius 1 is 1.14 bits per heavy atom. The molecule has 0 aromatic carbocycles. The maximum atomic E-state index is 12.9. The van der Waals surface area contributed by atoms with Gasteiger partial charge in [0.25, 0.3) is 10.1 Å². The fourth-order valence-electron chi connectivity index (χ4n) is 2.89. The second-order valence-corrected chi connectivity index (χ2v) is 11.5. The van der Waals surface area contributed by atoms with Crippen molar-refractivity contribution in [2.75, 3.05) is 65.8 Å². The highest BCUT2D eigenvalue weighted by Crippen LogP contribution is 2.20. The smallest absolute Gasteiger partial charge is 0.265 e. The molecule has 4 N–H and O–H groups in total. The van der Waals surface area contributed by atoms with Crippen molar-refractivity contribution in [2.24, 2.45) is 10.4 Å². The number of amides is 3. The molecule has 1 atom stereocenters. The summed E-state index contributed by atoms with van der Waals surface area (Å²) >= 11 is 4.46. The zero-order valence-corrected chi connectivity index (χ0v) is 23.6. The van der Waals surface area contributed by atoms with Gasteiger partial charge in [0.15, 0.2) is 0 Å². The van der Waals surface area contributed by atoms with Crippen LogP contribution in [-0.2, 0) is 29.2 Å². The number of aliphatic imine (C=N–C) groups is 1. The van der Waals surface area contributed by atoms with E-state index < -0.39 is 33.4 Å². The third-order valence-corrected chi connectivity index (χ3v) is 6.61. The van der Waals surface area contributed by atoms with E-state index in [9.17, 15) is 22.8 Å². The average Bonchev–Trinajstić information content (AvgIpc) is 2.76. The molecule has 0 saturated heterocycles. The van der Waals surface area contributed by atoms with Gasteiger partial charge >= 0.3 is 0 Å². The number of nitrogens with one attached hydrogen (secondary N) is 3. The minimum Gasteiger partial charge on any atom is -0.378 e. The molecule has 0 aromatic heterocycles. The standard InChI is InChI=1S/C22H41N5O7S2/c1-6-22(2,3)21(30)26-18(16-19(28)24-10-14-34-13-9-23-17-35)20(29)25-8-12-27(4,5)11-7-15-36(31,32)33/h18H,6-16H2,1-5H3,(H3-,24,25,26,28,29,30,31,32,33)/p+1. The van der Waals surface area contributed by atoms with Crippen LogP contribution in [0.1, 0.15) is 40.0 Å². The van der Waals surface area contributed by atoms with Gasteiger partial charge in [0.05, 0.1) is 70.8 Å². The quantitative estimate of drug-likeness (QED) is 0.0572. The Kier molecular flexibility index (Phi) is 15.8. The molecule has 0 fully saturated rings. The lowest BCUT2D eigenvalue weighted by Crippen LogP contribution is -2.54. The zero-order chi connectivity index (χ0) is 27.8. The molecule has 0 heterocycles. The maximum Gasteiger partial charge on any atom is 0.265 e. The monoisotopic (exact) mass is 552 g/mol. The van der Waals surface area contributed by atoms with E-state index in [1.54, 1.807) is 13.8 Å². The largest absolute Gasteiger partial charge is 0.378 e. The van der Waals surface area contributed by atoms with Crippen LogP contribution in [0.15, 0.2) is 4.99 Å². The molecule has 1 unspecified atom stereocenters. The number of rotatable bonds is 19. The predicted octanol–water partition coefficient (Wildman–Crippen LogP) is 0.00360. The Balaban J connectivity index is 4.88. The molecule has 0 radical (unpaired) electrons. The van der Waals surface area contributed by atoms with Gasteiger partial charge < -0.3 is 25.2 Å². The molecular weight excluding hydrogens is 510 g/mol. The number of carbonyl (C=O) groups excluding carboxylic acids is 3. The molecule has 36 heavy (non-hydrogen) atoms. The number of hydrogen-bond donors (Lipinski definition) is 4. The summed E-state index contributed by atoms with van der Waals surface area (Å²) in [5, 5.41) is 10.3. The van der Waals surface area contributed by atoms with Crippen molar-refractivity contribution >= 4 is 45.2 Å². The minimum atomic E-state index is -4.02. The fraction of sp³-hybridized carbons (Fsp3) is 0.818. The number of ether oxygens (including phenoxy) is 1. The van der Waals surface area contributed by atoms with Gasteiger partial charge in [0.2, 0.25) is 17.7 Å². The first-order valence-corrected chi connectivity index (χ1v) is 13.9. The number of likely N-dealkylation sites (N-methyl/N-ethyl adjacent to an activating group) is 1. The van der Waals surface area contributed by atoms with Gasteiger partial charge in [-0.25, -0.2) is 4.99 Å². The summed E-state index contributed by atoms with van der Waals surface area (Å²) in [5.74, 6) is -1.56. The van der Waals surface area contributed by atoms with Crippen LogP contribution in [0.4, 0.5) is 0 Å². The molecule has 14 heteroatoms. The lowest BCUT2D eigenvalue weighted by molar-refractivity contribution is -0.889. The summed E-state index contributed by atoms with van der Waals surface area (Å²) in [6.07, 6.45) is 0.590. The topological polar surface area (TPSA) is 163 Å². The van der Waals surface area contributed by atoms with Crippen LogP contribution in [-0.4, -0.2) is 112 Å². The van der Waals surface area contributed by atoms with E-state index in [1.807, 2.05) is 21.0 Å². The Hall–Kier alpha value is -1.96. The fourth-order valence-corrected chi connectivity index (χ4v) is 3.48. The van der Waals surface area contributed by atoms with Crippen molar-refractivity contribution in [3.8, 4) is 0 Å². The van der Waals surface area contributed by atoms with Crippen LogP contribution in [0.2, 0.25) is 0 Å². The van der Waals surface area contributed by atoms with Crippen molar-refractivity contribution in [2.45, 2.75) is 46.1 Å². The predicted molar refractivity (Wildman–Crippen MR) is 140 cm³/mol. The molecule has 12 nitrogen and oxygen atoms in total. The molecule has 0 spiro atoms. The lowest BCUT2D eigenvalue weighted by atomic mass is 9.89. The normalized spacial score (nSPS) is 12.8. The van der Waals surface area contributed by atoms with Crippen LogP contribution in [0, 0.1) is 5.41 Å². The van der Waals surface area contributed by atoms with Gasteiger partial charge in [-0.1, -0.05) is 20.8 Å². The molecule has 0 bridgehead atoms. The maximum absolute atomic E-state index is 12.9. The van der Waals surface area contributed by atoms with E-state index in [0.29, 0.717) is 37.1 Å². The highest BCUT2D eigenvalue weighted by Gasteiger charge is 2.31. The third kappa shape index (κ3) is 16.7. The molecule has 0 aliphatic carbocycles. The minimum absolute atomic E-state index is 0.234. The van der Waals surface area contributed by atoms with E-state index in [0.717, 1.165) is 0 Å². The lowest BCUT2D eigenvalue weighted by Gasteiger charge is -2.30. The van der Waals surface area contributed by atoms with E-state index in [4.69, 9.17) is 9.29 Å². The third-order valence-electron chi connectivity index (χ3n) is 5.67. The first-order valence-electron chi connectivity index (χ1n) is 11.9. The Labute approximate surface area is 220 Å². The van der Waals surface area contributed by atoms with E-state index in [1.165, 1.54) is 0 Å². The van der Waals surface area contributed by atoms with Gasteiger partial charge in [0, 0.05) is 18.4 Å². The van der Waals surface area contributed by atoms with Gasteiger partial charge in [-0.05, 0) is 18.6 Å². The van der Waals surface area contributed by atoms with Crippen LogP contribution in [0.3, 0.4) is 0 Å². The number of isothiocyanates is 1. The van der Waals surface area contributed by atoms with Gasteiger partial charge in [-0.3, -0.25) is 18.9 Å². The van der Waals surface area contributed by atoms with Gasteiger partial charge in [-0.15, -0.1) is 0 Å². The average molecular weight is 553 g/mol. The zero-order valence-electron chi connectivity index (χ0n) is 22.0. The van der Waals surface area contributed by atoms with Crippen LogP contribution < -0.4 is 16.0 Å². The van der Waals surface area contributed by atoms with Gasteiger partial charge in [0.1, 0.15) is 6.04 Å². The first kappa shape index (κ1) is 34.0. The van der Waals surface area contributed by atoms with Crippen LogP contribution >= 0.6 is 12.2 Å². The van der Waals surface area contributed by atoms with Crippen molar-refractivity contribution in [1.82, 2.24) is 16.0 Å². The van der Waals surface area contributed by atoms with Crippen LogP contribution in [0.25, 0.3) is 0 Å². The van der Waals surface area contributed by atoms with E-state index in [2.05, 4.69) is 38.3 Å². The second kappa shape index (κ2) is 16.7. The Bertz CT molecular complexity index is 872. The molecular formula is C22H42N5O7S2+. The summed E-state index contributed by atoms with van der Waals surface area (Å²) in [7, 11) is -0.277. The molecule has 0 aliphatic rings. The molecule has 3 amide bonds.